The van der Waals surface area contributed by atoms with Gasteiger partial charge in [-0.05, 0) is 25.1 Å². The molecule has 3 aromatic rings. The van der Waals surface area contributed by atoms with E-state index >= 15 is 0 Å². The summed E-state index contributed by atoms with van der Waals surface area (Å²) in [7, 11) is 1.38. The first-order chi connectivity index (χ1) is 13.9. The van der Waals surface area contributed by atoms with Crippen molar-refractivity contribution in [3.63, 3.8) is 0 Å². The minimum Gasteiger partial charge on any atom is -0.494 e. The van der Waals surface area contributed by atoms with Crippen LogP contribution in [-0.2, 0) is 4.79 Å². The lowest BCUT2D eigenvalue weighted by Crippen LogP contribution is -2.14. The summed E-state index contributed by atoms with van der Waals surface area (Å²) in [5.41, 5.74) is 2.32. The second kappa shape index (κ2) is 9.34. The van der Waals surface area contributed by atoms with Gasteiger partial charge in [0.15, 0.2) is 4.34 Å². The van der Waals surface area contributed by atoms with E-state index in [-0.39, 0.29) is 23.1 Å². The number of non-ortho nitro benzene ring substituents is 1. The fourth-order valence-electron chi connectivity index (χ4n) is 2.29. The number of carbonyl (C=O) groups excluding carboxylic acids is 1. The van der Waals surface area contributed by atoms with Crippen LogP contribution in [0.25, 0.3) is 0 Å². The monoisotopic (exact) mass is 431 g/mol. The number of carbonyl (C=O) groups is 1. The molecule has 2 aromatic carbocycles. The number of methoxy groups -OCH3 is 1. The molecule has 1 amide bonds. The molecule has 2 N–H and O–H groups in total. The molecule has 1 aromatic heterocycles. The predicted octanol–water partition coefficient (Wildman–Crippen LogP) is 4.24. The fraction of sp³-hybridized carbons (Fsp3) is 0.167. The number of ether oxygens (including phenoxy) is 1. The summed E-state index contributed by atoms with van der Waals surface area (Å²) in [6.45, 7) is 2.01. The third-order valence-electron chi connectivity index (χ3n) is 3.71. The van der Waals surface area contributed by atoms with Crippen molar-refractivity contribution in [2.75, 3.05) is 23.5 Å². The van der Waals surface area contributed by atoms with E-state index in [4.69, 9.17) is 4.74 Å². The second-order valence-electron chi connectivity index (χ2n) is 5.84. The lowest BCUT2D eigenvalue weighted by Gasteiger charge is -2.09. The Balaban J connectivity index is 1.55. The number of rotatable bonds is 8. The number of anilines is 3. The molecule has 0 unspecified atom stereocenters. The summed E-state index contributed by atoms with van der Waals surface area (Å²) in [5.74, 6) is 0.0442. The highest BCUT2D eigenvalue weighted by Crippen LogP contribution is 2.30. The van der Waals surface area contributed by atoms with Gasteiger partial charge >= 0.3 is 0 Å². The Bertz CT molecular complexity index is 1020. The van der Waals surface area contributed by atoms with Gasteiger partial charge in [-0.25, -0.2) is 0 Å². The molecular weight excluding hydrogens is 414 g/mol. The normalized spacial score (nSPS) is 10.4. The zero-order chi connectivity index (χ0) is 20.8. The molecule has 0 aliphatic carbocycles. The number of nitrogens with zero attached hydrogens (tertiary/aromatic N) is 3. The Morgan fingerprint density at radius 3 is 2.69 bits per heavy atom. The third kappa shape index (κ3) is 5.65. The molecule has 0 bridgehead atoms. The summed E-state index contributed by atoms with van der Waals surface area (Å²) in [4.78, 5) is 22.5. The number of hydrogen-bond acceptors (Lipinski definition) is 9. The molecule has 29 heavy (non-hydrogen) atoms. The van der Waals surface area contributed by atoms with Gasteiger partial charge in [-0.15, -0.1) is 10.2 Å². The van der Waals surface area contributed by atoms with Crippen molar-refractivity contribution < 1.29 is 14.5 Å². The number of thioether (sulfide) groups is 1. The summed E-state index contributed by atoms with van der Waals surface area (Å²) in [5, 5.41) is 25.5. The lowest BCUT2D eigenvalue weighted by molar-refractivity contribution is -0.384. The first kappa shape index (κ1) is 20.6. The van der Waals surface area contributed by atoms with Crippen molar-refractivity contribution in [3.8, 4) is 5.75 Å². The Labute approximate surface area is 174 Å². The first-order valence-corrected chi connectivity index (χ1v) is 10.2. The Morgan fingerprint density at radius 1 is 1.24 bits per heavy atom. The number of benzene rings is 2. The van der Waals surface area contributed by atoms with Gasteiger partial charge in [0.2, 0.25) is 11.0 Å². The van der Waals surface area contributed by atoms with Crippen LogP contribution in [0.15, 0.2) is 46.8 Å². The predicted molar refractivity (Wildman–Crippen MR) is 113 cm³/mol. The zero-order valence-corrected chi connectivity index (χ0v) is 17.2. The molecule has 0 saturated heterocycles. The molecule has 0 spiro atoms. The number of aromatic nitrogens is 2. The van der Waals surface area contributed by atoms with Crippen LogP contribution in [-0.4, -0.2) is 33.9 Å². The van der Waals surface area contributed by atoms with E-state index in [1.165, 1.54) is 54.0 Å². The number of aryl methyl sites for hydroxylation is 1. The molecule has 0 saturated carbocycles. The molecule has 11 heteroatoms. The molecule has 0 aliphatic heterocycles. The van der Waals surface area contributed by atoms with Crippen LogP contribution in [0.2, 0.25) is 0 Å². The van der Waals surface area contributed by atoms with Gasteiger partial charge < -0.3 is 15.4 Å². The van der Waals surface area contributed by atoms with E-state index in [1.807, 2.05) is 31.2 Å². The van der Waals surface area contributed by atoms with Crippen molar-refractivity contribution >= 4 is 51.2 Å². The largest absolute Gasteiger partial charge is 0.494 e. The number of nitro benzene ring substituents is 1. The fourth-order valence-corrected chi connectivity index (χ4v) is 3.86. The Morgan fingerprint density at radius 2 is 2.00 bits per heavy atom. The van der Waals surface area contributed by atoms with Gasteiger partial charge in [0.25, 0.3) is 5.69 Å². The Hall–Kier alpha value is -3.18. The van der Waals surface area contributed by atoms with Gasteiger partial charge in [-0.2, -0.15) is 0 Å². The lowest BCUT2D eigenvalue weighted by atomic mass is 10.2. The average molecular weight is 431 g/mol. The topological polar surface area (TPSA) is 119 Å². The van der Waals surface area contributed by atoms with E-state index in [2.05, 4.69) is 20.8 Å². The highest BCUT2D eigenvalue weighted by atomic mass is 32.2. The van der Waals surface area contributed by atoms with Crippen LogP contribution >= 0.6 is 23.1 Å². The maximum Gasteiger partial charge on any atom is 0.273 e. The van der Waals surface area contributed by atoms with Crippen LogP contribution in [0.3, 0.4) is 0 Å². The summed E-state index contributed by atoms with van der Waals surface area (Å²) in [6, 6.07) is 11.9. The quantitative estimate of drug-likeness (QED) is 0.309. The minimum atomic E-state index is -0.526. The summed E-state index contributed by atoms with van der Waals surface area (Å²) >= 11 is 2.59. The van der Waals surface area contributed by atoms with E-state index in [1.54, 1.807) is 0 Å². The van der Waals surface area contributed by atoms with E-state index in [0.717, 1.165) is 5.69 Å². The summed E-state index contributed by atoms with van der Waals surface area (Å²) in [6.07, 6.45) is 0. The summed E-state index contributed by atoms with van der Waals surface area (Å²) < 4.78 is 5.76. The highest BCUT2D eigenvalue weighted by molar-refractivity contribution is 8.01. The third-order valence-corrected chi connectivity index (χ3v) is 5.68. The van der Waals surface area contributed by atoms with Crippen molar-refractivity contribution in [1.82, 2.24) is 10.2 Å². The molecule has 9 nitrogen and oxygen atoms in total. The first-order valence-electron chi connectivity index (χ1n) is 8.37. The van der Waals surface area contributed by atoms with Crippen LogP contribution < -0.4 is 15.4 Å². The smallest absolute Gasteiger partial charge is 0.273 e. The zero-order valence-electron chi connectivity index (χ0n) is 15.5. The van der Waals surface area contributed by atoms with Crippen molar-refractivity contribution in [2.45, 2.75) is 11.3 Å². The van der Waals surface area contributed by atoms with Crippen LogP contribution in [0.5, 0.6) is 5.75 Å². The SMILES string of the molecule is COc1cc([N+](=O)[O-])ccc1NC(=O)CSc1nnc(Nc2ccc(C)cc2)s1. The molecule has 0 aliphatic rings. The molecule has 1 heterocycles. The molecule has 150 valence electrons. The maximum atomic E-state index is 12.2. The van der Waals surface area contributed by atoms with Crippen molar-refractivity contribution in [2.24, 2.45) is 0 Å². The maximum absolute atomic E-state index is 12.2. The Kier molecular flexibility index (Phi) is 6.62. The number of amides is 1. The van der Waals surface area contributed by atoms with Crippen molar-refractivity contribution in [3.05, 3.63) is 58.1 Å². The van der Waals surface area contributed by atoms with Crippen LogP contribution in [0.1, 0.15) is 5.56 Å². The van der Waals surface area contributed by atoms with E-state index in [9.17, 15) is 14.9 Å². The van der Waals surface area contributed by atoms with E-state index in [0.29, 0.717) is 15.2 Å². The standard InChI is InChI=1S/C18H17N5O4S2/c1-11-3-5-12(6-4-11)19-17-21-22-18(29-17)28-10-16(24)20-14-8-7-13(23(25)26)9-15(14)27-2/h3-9H,10H2,1-2H3,(H,19,21)(H,20,24). The van der Waals surface area contributed by atoms with E-state index < -0.39 is 4.92 Å². The second-order valence-corrected chi connectivity index (χ2v) is 8.04. The highest BCUT2D eigenvalue weighted by Gasteiger charge is 2.14. The molecule has 3 rings (SSSR count). The number of nitro groups is 1. The van der Waals surface area contributed by atoms with Gasteiger partial charge in [0, 0.05) is 11.8 Å². The van der Waals surface area contributed by atoms with Gasteiger partial charge in [0.05, 0.1) is 29.5 Å². The van der Waals surface area contributed by atoms with Crippen LogP contribution in [0, 0.1) is 17.0 Å². The number of nitrogens with one attached hydrogen (secondary N) is 2. The van der Waals surface area contributed by atoms with Crippen molar-refractivity contribution in [1.29, 1.82) is 0 Å². The van der Waals surface area contributed by atoms with Crippen LogP contribution in [0.4, 0.5) is 22.2 Å². The number of hydrogen-bond donors (Lipinski definition) is 2. The molecule has 0 fully saturated rings. The van der Waals surface area contributed by atoms with Gasteiger partial charge in [-0.1, -0.05) is 40.8 Å². The molecule has 0 atom stereocenters. The molecular formula is C18H17N5O4S2. The molecule has 0 radical (unpaired) electrons. The van der Waals surface area contributed by atoms with Gasteiger partial charge in [0.1, 0.15) is 5.75 Å². The average Bonchev–Trinajstić information content (AvgIpc) is 3.15. The van der Waals surface area contributed by atoms with Gasteiger partial charge in [-0.3, -0.25) is 14.9 Å². The minimum absolute atomic E-state index is 0.110.